The number of nitrogens with two attached hydrogens (primary N) is 1. The maximum absolute atomic E-state index is 13.4. The van der Waals surface area contributed by atoms with Crippen LogP contribution in [0.5, 0.6) is 0 Å². The van der Waals surface area contributed by atoms with Crippen LogP contribution < -0.4 is 5.73 Å². The van der Waals surface area contributed by atoms with Gasteiger partial charge in [0.2, 0.25) is 5.91 Å². The van der Waals surface area contributed by atoms with Gasteiger partial charge in [0.05, 0.1) is 0 Å². The average molecular weight is 265 g/mol. The number of primary amides is 1. The number of halogens is 1. The second-order valence-corrected chi connectivity index (χ2v) is 4.69. The monoisotopic (exact) mass is 265 g/mol. The molecule has 1 heterocycles. The summed E-state index contributed by atoms with van der Waals surface area (Å²) in [6, 6.07) is 3.50. The molecule has 0 aliphatic carbocycles. The van der Waals surface area contributed by atoms with Crippen molar-refractivity contribution < 1.29 is 14.0 Å². The van der Waals surface area contributed by atoms with Crippen LogP contribution in [0.25, 0.3) is 0 Å². The van der Waals surface area contributed by atoms with Crippen LogP contribution in [0.15, 0.2) is 18.2 Å². The first kappa shape index (κ1) is 13.5. The first-order valence-corrected chi connectivity index (χ1v) is 6.05. The Kier molecular flexibility index (Phi) is 3.80. The van der Waals surface area contributed by atoms with E-state index in [9.17, 15) is 14.0 Å². The highest BCUT2D eigenvalue weighted by molar-refractivity contribution is 5.99. The van der Waals surface area contributed by atoms with Crippen molar-refractivity contribution in [1.29, 1.82) is 0 Å². The van der Waals surface area contributed by atoms with Crippen molar-refractivity contribution in [3.05, 3.63) is 35.1 Å². The quantitative estimate of drug-likeness (QED) is 0.837. The van der Waals surface area contributed by atoms with Gasteiger partial charge in [0.25, 0.3) is 5.91 Å². The minimum absolute atomic E-state index is 0.0116. The van der Waals surface area contributed by atoms with Gasteiger partial charge in [-0.1, -0.05) is 0 Å². The van der Waals surface area contributed by atoms with E-state index in [1.165, 1.54) is 6.07 Å². The highest BCUT2D eigenvalue weighted by Gasteiger charge is 2.21. The Morgan fingerprint density at radius 1 is 1.11 bits per heavy atom. The third-order valence-electron chi connectivity index (χ3n) is 3.22. The van der Waals surface area contributed by atoms with E-state index >= 15 is 0 Å². The van der Waals surface area contributed by atoms with Gasteiger partial charge >= 0.3 is 0 Å². The lowest BCUT2D eigenvalue weighted by Gasteiger charge is -2.32. The molecule has 2 amide bonds. The van der Waals surface area contributed by atoms with E-state index in [2.05, 4.69) is 4.90 Å². The average Bonchev–Trinajstić information content (AvgIpc) is 2.38. The van der Waals surface area contributed by atoms with Gasteiger partial charge in [0.1, 0.15) is 5.82 Å². The van der Waals surface area contributed by atoms with Crippen molar-refractivity contribution in [1.82, 2.24) is 9.80 Å². The van der Waals surface area contributed by atoms with Crippen molar-refractivity contribution in [2.75, 3.05) is 33.2 Å². The second-order valence-electron chi connectivity index (χ2n) is 4.69. The normalized spacial score (nSPS) is 16.4. The molecule has 0 unspecified atom stereocenters. The van der Waals surface area contributed by atoms with Crippen LogP contribution in [0.2, 0.25) is 0 Å². The molecular formula is C13H16FN3O2. The summed E-state index contributed by atoms with van der Waals surface area (Å²) in [5.74, 6) is -1.64. The van der Waals surface area contributed by atoms with E-state index in [-0.39, 0.29) is 17.0 Å². The van der Waals surface area contributed by atoms with Gasteiger partial charge in [-0.3, -0.25) is 9.59 Å². The van der Waals surface area contributed by atoms with E-state index in [0.717, 1.165) is 25.2 Å². The van der Waals surface area contributed by atoms with E-state index in [4.69, 9.17) is 5.73 Å². The summed E-state index contributed by atoms with van der Waals surface area (Å²) in [6.07, 6.45) is 0. The maximum atomic E-state index is 13.4. The van der Waals surface area contributed by atoms with Gasteiger partial charge in [0, 0.05) is 37.3 Å². The summed E-state index contributed by atoms with van der Waals surface area (Å²) >= 11 is 0. The van der Waals surface area contributed by atoms with Crippen LogP contribution in [-0.2, 0) is 0 Å². The molecule has 1 aliphatic heterocycles. The van der Waals surface area contributed by atoms with Gasteiger partial charge in [-0.15, -0.1) is 0 Å². The van der Waals surface area contributed by atoms with Gasteiger partial charge in [0.15, 0.2) is 0 Å². The molecule has 6 heteroatoms. The number of likely N-dealkylation sites (N-methyl/N-ethyl adjacent to an activating group) is 1. The molecule has 102 valence electrons. The summed E-state index contributed by atoms with van der Waals surface area (Å²) in [5, 5.41) is 0. The smallest absolute Gasteiger partial charge is 0.254 e. The highest BCUT2D eigenvalue weighted by Crippen LogP contribution is 2.13. The largest absolute Gasteiger partial charge is 0.366 e. The van der Waals surface area contributed by atoms with Crippen molar-refractivity contribution in [3.8, 4) is 0 Å². The Morgan fingerprint density at radius 2 is 1.68 bits per heavy atom. The first-order chi connectivity index (χ1) is 8.97. The molecule has 2 rings (SSSR count). The van der Waals surface area contributed by atoms with Crippen molar-refractivity contribution in [2.45, 2.75) is 0 Å². The molecule has 1 fully saturated rings. The van der Waals surface area contributed by atoms with Crippen molar-refractivity contribution in [2.24, 2.45) is 5.73 Å². The number of benzene rings is 1. The molecule has 0 bridgehead atoms. The highest BCUT2D eigenvalue weighted by atomic mass is 19.1. The Labute approximate surface area is 110 Å². The van der Waals surface area contributed by atoms with Gasteiger partial charge in [-0.2, -0.15) is 0 Å². The SMILES string of the molecule is CN1CCN(C(=O)c2cc(F)cc(C(N)=O)c2)CC1. The Morgan fingerprint density at radius 3 is 2.26 bits per heavy atom. The lowest BCUT2D eigenvalue weighted by atomic mass is 10.1. The summed E-state index contributed by atoms with van der Waals surface area (Å²) in [4.78, 5) is 27.1. The van der Waals surface area contributed by atoms with Crippen molar-refractivity contribution in [3.63, 3.8) is 0 Å². The van der Waals surface area contributed by atoms with Crippen LogP contribution in [0.4, 0.5) is 4.39 Å². The Hall–Kier alpha value is -1.95. The van der Waals surface area contributed by atoms with Crippen LogP contribution in [0, 0.1) is 5.82 Å². The van der Waals surface area contributed by atoms with Crippen LogP contribution in [0.1, 0.15) is 20.7 Å². The molecule has 0 aromatic heterocycles. The molecular weight excluding hydrogens is 249 g/mol. The third kappa shape index (κ3) is 3.08. The molecule has 0 spiro atoms. The summed E-state index contributed by atoms with van der Waals surface area (Å²) in [7, 11) is 1.98. The summed E-state index contributed by atoms with van der Waals surface area (Å²) < 4.78 is 13.4. The molecule has 19 heavy (non-hydrogen) atoms. The summed E-state index contributed by atoms with van der Waals surface area (Å²) in [6.45, 7) is 2.75. The number of rotatable bonds is 2. The molecule has 2 N–H and O–H groups in total. The second kappa shape index (κ2) is 5.36. The number of piperazine rings is 1. The molecule has 0 saturated carbocycles. The van der Waals surface area contributed by atoms with Gasteiger partial charge < -0.3 is 15.5 Å². The minimum atomic E-state index is -0.744. The number of hydrogen-bond acceptors (Lipinski definition) is 3. The zero-order valence-electron chi connectivity index (χ0n) is 10.7. The predicted molar refractivity (Wildman–Crippen MR) is 68.3 cm³/mol. The molecule has 1 aromatic carbocycles. The Balaban J connectivity index is 2.21. The molecule has 5 nitrogen and oxygen atoms in total. The van der Waals surface area contributed by atoms with E-state index in [1.54, 1.807) is 4.90 Å². The van der Waals surface area contributed by atoms with E-state index in [1.807, 2.05) is 7.05 Å². The number of amides is 2. The molecule has 0 atom stereocenters. The minimum Gasteiger partial charge on any atom is -0.366 e. The maximum Gasteiger partial charge on any atom is 0.254 e. The lowest BCUT2D eigenvalue weighted by Crippen LogP contribution is -2.47. The van der Waals surface area contributed by atoms with E-state index < -0.39 is 11.7 Å². The first-order valence-electron chi connectivity index (χ1n) is 6.05. The summed E-state index contributed by atoms with van der Waals surface area (Å²) in [5.41, 5.74) is 5.29. The molecule has 0 radical (unpaired) electrons. The molecule has 1 aliphatic rings. The predicted octanol–water partition coefficient (Wildman–Crippen LogP) is 0.312. The van der Waals surface area contributed by atoms with E-state index in [0.29, 0.717) is 13.1 Å². The van der Waals surface area contributed by atoms with Gasteiger partial charge in [-0.25, -0.2) is 4.39 Å². The topological polar surface area (TPSA) is 66.6 Å². The zero-order valence-corrected chi connectivity index (χ0v) is 10.7. The number of hydrogen-bond donors (Lipinski definition) is 1. The van der Waals surface area contributed by atoms with Crippen LogP contribution in [-0.4, -0.2) is 54.8 Å². The lowest BCUT2D eigenvalue weighted by molar-refractivity contribution is 0.0663. The fourth-order valence-corrected chi connectivity index (χ4v) is 2.05. The number of carbonyl (C=O) groups is 2. The fourth-order valence-electron chi connectivity index (χ4n) is 2.05. The zero-order chi connectivity index (χ0) is 14.0. The molecule has 1 aromatic rings. The van der Waals surface area contributed by atoms with Crippen LogP contribution in [0.3, 0.4) is 0 Å². The van der Waals surface area contributed by atoms with Crippen molar-refractivity contribution >= 4 is 11.8 Å². The number of nitrogens with zero attached hydrogens (tertiary/aromatic N) is 2. The molecule has 1 saturated heterocycles. The van der Waals surface area contributed by atoms with Crippen LogP contribution >= 0.6 is 0 Å². The third-order valence-corrected chi connectivity index (χ3v) is 3.22. The van der Waals surface area contributed by atoms with Gasteiger partial charge in [-0.05, 0) is 25.2 Å². The number of carbonyl (C=O) groups excluding carboxylic acids is 2. The standard InChI is InChI=1S/C13H16FN3O2/c1-16-2-4-17(5-3-16)13(19)10-6-9(12(15)18)7-11(14)8-10/h6-8H,2-5H2,1H3,(H2,15,18). The fraction of sp³-hybridized carbons (Fsp3) is 0.385. The Bertz CT molecular complexity index is 511.